The summed E-state index contributed by atoms with van der Waals surface area (Å²) in [6, 6.07) is 2.85. The molecular weight excluding hydrogens is 288 g/mol. The molecule has 2 rings (SSSR count). The minimum Gasteiger partial charge on any atom is -0.493 e. The van der Waals surface area contributed by atoms with Crippen molar-refractivity contribution in [2.75, 3.05) is 33.7 Å². The fourth-order valence-corrected chi connectivity index (χ4v) is 2.49. The van der Waals surface area contributed by atoms with Crippen LogP contribution in [-0.4, -0.2) is 51.1 Å². The van der Waals surface area contributed by atoms with Crippen LogP contribution in [0.25, 0.3) is 0 Å². The molecular formula is C15H20N2O5. The maximum atomic E-state index is 12.3. The van der Waals surface area contributed by atoms with Gasteiger partial charge in [-0.15, -0.1) is 0 Å². The first-order valence-electron chi connectivity index (χ1n) is 6.88. The summed E-state index contributed by atoms with van der Waals surface area (Å²) in [5.74, 6) is 1.10. The zero-order valence-electron chi connectivity index (χ0n) is 13.1. The Hall–Kier alpha value is -2.44. The minimum absolute atomic E-state index is 0.0231. The number of rotatable bonds is 5. The third-order valence-electron chi connectivity index (χ3n) is 3.73. The number of anilines is 1. The number of benzene rings is 1. The molecule has 1 aliphatic heterocycles. The molecule has 0 spiro atoms. The Balaban J connectivity index is 2.22. The highest BCUT2D eigenvalue weighted by molar-refractivity contribution is 5.99. The van der Waals surface area contributed by atoms with E-state index in [9.17, 15) is 9.59 Å². The number of likely N-dealkylation sites (tertiary alicyclic amines) is 1. The van der Waals surface area contributed by atoms with Gasteiger partial charge in [0, 0.05) is 31.3 Å². The van der Waals surface area contributed by atoms with Crippen LogP contribution in [0, 0.1) is 0 Å². The van der Waals surface area contributed by atoms with Crippen LogP contribution in [0.2, 0.25) is 0 Å². The average molecular weight is 308 g/mol. The first-order valence-corrected chi connectivity index (χ1v) is 6.88. The smallest absolute Gasteiger partial charge is 0.247 e. The molecule has 0 bridgehead atoms. The van der Waals surface area contributed by atoms with Crippen molar-refractivity contribution in [3.63, 3.8) is 0 Å². The van der Waals surface area contributed by atoms with Crippen molar-refractivity contribution < 1.29 is 23.8 Å². The van der Waals surface area contributed by atoms with E-state index in [1.807, 2.05) is 0 Å². The fourth-order valence-electron chi connectivity index (χ4n) is 2.49. The molecule has 1 heterocycles. The number of nitrogens with one attached hydrogen (secondary N) is 1. The molecule has 1 aromatic carbocycles. The monoisotopic (exact) mass is 308 g/mol. The first-order chi connectivity index (χ1) is 10.5. The number of nitrogens with zero attached hydrogens (tertiary/aromatic N) is 1. The predicted octanol–water partition coefficient (Wildman–Crippen LogP) is 1.27. The zero-order chi connectivity index (χ0) is 16.3. The maximum absolute atomic E-state index is 12.3. The number of carbonyl (C=O) groups is 2. The summed E-state index contributed by atoms with van der Waals surface area (Å²) in [5, 5.41) is 2.79. The van der Waals surface area contributed by atoms with E-state index < -0.39 is 6.04 Å². The van der Waals surface area contributed by atoms with Crippen molar-refractivity contribution in [2.45, 2.75) is 18.9 Å². The molecule has 1 saturated heterocycles. The number of hydrogen-bond donors (Lipinski definition) is 1. The van der Waals surface area contributed by atoms with Gasteiger partial charge in [0.25, 0.3) is 0 Å². The van der Waals surface area contributed by atoms with Gasteiger partial charge in [-0.2, -0.15) is 0 Å². The van der Waals surface area contributed by atoms with Crippen molar-refractivity contribution in [3.8, 4) is 17.2 Å². The lowest BCUT2D eigenvalue weighted by Gasteiger charge is -2.20. The summed E-state index contributed by atoms with van der Waals surface area (Å²) in [6.45, 7) is 0. The third kappa shape index (κ3) is 2.93. The van der Waals surface area contributed by atoms with Gasteiger partial charge in [-0.1, -0.05) is 0 Å². The van der Waals surface area contributed by atoms with Crippen LogP contribution in [0.4, 0.5) is 5.69 Å². The van der Waals surface area contributed by atoms with E-state index in [1.165, 1.54) is 26.2 Å². The molecule has 22 heavy (non-hydrogen) atoms. The largest absolute Gasteiger partial charge is 0.493 e. The molecule has 1 aliphatic rings. The van der Waals surface area contributed by atoms with E-state index in [-0.39, 0.29) is 11.8 Å². The average Bonchev–Trinajstić information content (AvgIpc) is 2.85. The van der Waals surface area contributed by atoms with Gasteiger partial charge >= 0.3 is 0 Å². The van der Waals surface area contributed by atoms with Crippen LogP contribution in [0.1, 0.15) is 12.8 Å². The molecule has 0 aliphatic carbocycles. The van der Waals surface area contributed by atoms with Crippen molar-refractivity contribution >= 4 is 17.5 Å². The molecule has 0 aromatic heterocycles. The lowest BCUT2D eigenvalue weighted by Crippen LogP contribution is -2.38. The van der Waals surface area contributed by atoms with E-state index in [4.69, 9.17) is 14.2 Å². The Morgan fingerprint density at radius 3 is 2.18 bits per heavy atom. The van der Waals surface area contributed by atoms with Crippen LogP contribution in [0.3, 0.4) is 0 Å². The van der Waals surface area contributed by atoms with Gasteiger partial charge in [0.1, 0.15) is 6.04 Å². The Morgan fingerprint density at radius 1 is 1.18 bits per heavy atom. The summed E-state index contributed by atoms with van der Waals surface area (Å²) in [5.41, 5.74) is 0.521. The molecule has 1 aromatic rings. The molecule has 120 valence electrons. The van der Waals surface area contributed by atoms with Crippen LogP contribution < -0.4 is 19.5 Å². The second-order valence-corrected chi connectivity index (χ2v) is 4.96. The minimum atomic E-state index is -0.452. The van der Waals surface area contributed by atoms with Gasteiger partial charge in [0.05, 0.1) is 21.3 Å². The maximum Gasteiger partial charge on any atom is 0.247 e. The quantitative estimate of drug-likeness (QED) is 0.886. The molecule has 2 amide bonds. The van der Waals surface area contributed by atoms with Gasteiger partial charge in [0.2, 0.25) is 17.6 Å². The number of likely N-dealkylation sites (N-methyl/N-ethyl adjacent to an activating group) is 1. The van der Waals surface area contributed by atoms with Crippen LogP contribution >= 0.6 is 0 Å². The summed E-state index contributed by atoms with van der Waals surface area (Å²) in [7, 11) is 6.16. The van der Waals surface area contributed by atoms with Crippen molar-refractivity contribution in [3.05, 3.63) is 12.1 Å². The number of ether oxygens (including phenoxy) is 3. The van der Waals surface area contributed by atoms with Crippen molar-refractivity contribution in [2.24, 2.45) is 0 Å². The first kappa shape index (κ1) is 15.9. The summed E-state index contributed by atoms with van der Waals surface area (Å²) >= 11 is 0. The molecule has 0 radical (unpaired) electrons. The van der Waals surface area contributed by atoms with Gasteiger partial charge < -0.3 is 24.4 Å². The van der Waals surface area contributed by atoms with Gasteiger partial charge in [-0.05, 0) is 6.42 Å². The van der Waals surface area contributed by atoms with E-state index >= 15 is 0 Å². The van der Waals surface area contributed by atoms with E-state index in [2.05, 4.69) is 5.32 Å². The zero-order valence-corrected chi connectivity index (χ0v) is 13.1. The highest BCUT2D eigenvalue weighted by atomic mass is 16.5. The second kappa shape index (κ2) is 6.55. The number of amides is 2. The number of hydrogen-bond acceptors (Lipinski definition) is 5. The van der Waals surface area contributed by atoms with Crippen LogP contribution in [0.5, 0.6) is 17.2 Å². The molecule has 0 saturated carbocycles. The highest BCUT2D eigenvalue weighted by Gasteiger charge is 2.33. The van der Waals surface area contributed by atoms with E-state index in [0.717, 1.165) is 0 Å². The molecule has 1 atom stereocenters. The van der Waals surface area contributed by atoms with Gasteiger partial charge in [-0.3, -0.25) is 9.59 Å². The van der Waals surface area contributed by atoms with E-state index in [0.29, 0.717) is 35.8 Å². The molecule has 1 unspecified atom stereocenters. The lowest BCUT2D eigenvalue weighted by atomic mass is 10.2. The Morgan fingerprint density at radius 2 is 1.77 bits per heavy atom. The second-order valence-electron chi connectivity index (χ2n) is 4.96. The Kier molecular flexibility index (Phi) is 4.75. The number of methoxy groups -OCH3 is 3. The van der Waals surface area contributed by atoms with Gasteiger partial charge in [-0.25, -0.2) is 0 Å². The number of carbonyl (C=O) groups excluding carboxylic acids is 2. The normalized spacial score (nSPS) is 17.4. The Bertz CT molecular complexity index is 562. The molecule has 7 heteroatoms. The summed E-state index contributed by atoms with van der Waals surface area (Å²) in [4.78, 5) is 25.3. The summed E-state index contributed by atoms with van der Waals surface area (Å²) in [6.07, 6.45) is 0.912. The van der Waals surface area contributed by atoms with Crippen molar-refractivity contribution in [1.29, 1.82) is 0 Å². The SMILES string of the molecule is COc1cc(NC(=O)C2CCC(=O)N2C)cc(OC)c1OC. The molecule has 1 N–H and O–H groups in total. The third-order valence-corrected chi connectivity index (χ3v) is 3.73. The molecule has 1 fully saturated rings. The summed E-state index contributed by atoms with van der Waals surface area (Å²) < 4.78 is 15.7. The van der Waals surface area contributed by atoms with E-state index in [1.54, 1.807) is 19.2 Å². The predicted molar refractivity (Wildman–Crippen MR) is 80.5 cm³/mol. The topological polar surface area (TPSA) is 77.1 Å². The Labute approximate surface area is 129 Å². The highest BCUT2D eigenvalue weighted by Crippen LogP contribution is 2.40. The fraction of sp³-hybridized carbons (Fsp3) is 0.467. The molecule has 7 nitrogen and oxygen atoms in total. The van der Waals surface area contributed by atoms with Gasteiger partial charge in [0.15, 0.2) is 11.5 Å². The lowest BCUT2D eigenvalue weighted by molar-refractivity contribution is -0.131. The standard InChI is InChI=1S/C15H20N2O5/c1-17-10(5-6-13(17)18)15(19)16-9-7-11(20-2)14(22-4)12(8-9)21-3/h7-8,10H,5-6H2,1-4H3,(H,16,19). The van der Waals surface area contributed by atoms with Crippen LogP contribution in [0.15, 0.2) is 12.1 Å². The van der Waals surface area contributed by atoms with Crippen molar-refractivity contribution in [1.82, 2.24) is 4.90 Å². The van der Waals surface area contributed by atoms with Crippen LogP contribution in [-0.2, 0) is 9.59 Å².